The molecule has 2 heteroatoms. The summed E-state index contributed by atoms with van der Waals surface area (Å²) in [5, 5.41) is 18.2. The Morgan fingerprint density at radius 1 is 1.46 bits per heavy atom. The number of aliphatic hydroxyl groups excluding tert-OH is 2. The predicted octanol–water partition coefficient (Wildman–Crippen LogP) is 1.89. The Balaban J connectivity index is 3.97. The van der Waals surface area contributed by atoms with Gasteiger partial charge in [0.2, 0.25) is 0 Å². The summed E-state index contributed by atoms with van der Waals surface area (Å²) in [5.74, 6) is 0.179. The Morgan fingerprint density at radius 2 is 2.08 bits per heavy atom. The third-order valence-electron chi connectivity index (χ3n) is 1.80. The summed E-state index contributed by atoms with van der Waals surface area (Å²) in [4.78, 5) is 0. The lowest BCUT2D eigenvalue weighted by atomic mass is 10.0. The van der Waals surface area contributed by atoms with Crippen molar-refractivity contribution in [2.24, 2.45) is 5.92 Å². The Labute approximate surface area is 80.6 Å². The van der Waals surface area contributed by atoms with E-state index in [0.717, 1.165) is 5.57 Å². The molecular formula is C11H20O2. The highest BCUT2D eigenvalue weighted by atomic mass is 16.3. The standard InChI is InChI=1S/C11H20O2/c1-4-5-11(13)7-9(2)6-10(3)8-12/h4-6,10-13H,7-8H2,1-3H3/b5-4+,9-6-/t10-,11-/m1/s1. The molecule has 0 radical (unpaired) electrons. The van der Waals surface area contributed by atoms with Crippen LogP contribution in [-0.4, -0.2) is 22.9 Å². The molecule has 0 aliphatic carbocycles. The Kier molecular flexibility index (Phi) is 6.55. The van der Waals surface area contributed by atoms with Crippen LogP contribution < -0.4 is 0 Å². The van der Waals surface area contributed by atoms with Crippen LogP contribution in [0.3, 0.4) is 0 Å². The molecule has 0 fully saturated rings. The van der Waals surface area contributed by atoms with Crippen molar-refractivity contribution in [2.45, 2.75) is 33.3 Å². The third-order valence-corrected chi connectivity index (χ3v) is 1.80. The van der Waals surface area contributed by atoms with Crippen LogP contribution in [0.5, 0.6) is 0 Å². The van der Waals surface area contributed by atoms with Gasteiger partial charge < -0.3 is 10.2 Å². The Morgan fingerprint density at radius 3 is 2.54 bits per heavy atom. The number of hydrogen-bond donors (Lipinski definition) is 2. The minimum absolute atomic E-state index is 0.164. The molecule has 2 N–H and O–H groups in total. The lowest BCUT2D eigenvalue weighted by Gasteiger charge is -2.08. The summed E-state index contributed by atoms with van der Waals surface area (Å²) < 4.78 is 0. The highest BCUT2D eigenvalue weighted by molar-refractivity contribution is 5.04. The van der Waals surface area contributed by atoms with Gasteiger partial charge in [-0.15, -0.1) is 0 Å². The molecule has 0 unspecified atom stereocenters. The van der Waals surface area contributed by atoms with E-state index in [-0.39, 0.29) is 12.5 Å². The molecule has 0 aromatic rings. The minimum atomic E-state index is -0.396. The van der Waals surface area contributed by atoms with Crippen molar-refractivity contribution in [3.8, 4) is 0 Å². The smallest absolute Gasteiger partial charge is 0.0757 e. The van der Waals surface area contributed by atoms with Crippen LogP contribution in [0.4, 0.5) is 0 Å². The molecule has 0 aromatic carbocycles. The number of hydrogen-bond acceptors (Lipinski definition) is 2. The highest BCUT2D eigenvalue weighted by Gasteiger charge is 2.01. The van der Waals surface area contributed by atoms with Crippen LogP contribution >= 0.6 is 0 Å². The average molecular weight is 184 g/mol. The number of aliphatic hydroxyl groups is 2. The first kappa shape index (κ1) is 12.4. The zero-order chi connectivity index (χ0) is 10.3. The second-order valence-corrected chi connectivity index (χ2v) is 3.47. The molecule has 2 nitrogen and oxygen atoms in total. The quantitative estimate of drug-likeness (QED) is 0.640. The topological polar surface area (TPSA) is 40.5 Å². The maximum Gasteiger partial charge on any atom is 0.0757 e. The van der Waals surface area contributed by atoms with Crippen molar-refractivity contribution in [3.05, 3.63) is 23.8 Å². The van der Waals surface area contributed by atoms with Crippen molar-refractivity contribution in [1.82, 2.24) is 0 Å². The monoisotopic (exact) mass is 184 g/mol. The van der Waals surface area contributed by atoms with E-state index in [1.165, 1.54) is 0 Å². The van der Waals surface area contributed by atoms with Gasteiger partial charge in [0, 0.05) is 6.61 Å². The first-order valence-corrected chi connectivity index (χ1v) is 4.69. The second kappa shape index (κ2) is 6.87. The maximum absolute atomic E-state index is 9.42. The van der Waals surface area contributed by atoms with Gasteiger partial charge in [0.05, 0.1) is 6.10 Å². The molecule has 76 valence electrons. The van der Waals surface area contributed by atoms with Crippen LogP contribution in [-0.2, 0) is 0 Å². The molecule has 0 aliphatic rings. The van der Waals surface area contributed by atoms with E-state index in [4.69, 9.17) is 5.11 Å². The number of allylic oxidation sites excluding steroid dienone is 1. The average Bonchev–Trinajstić information content (AvgIpc) is 2.04. The molecule has 0 heterocycles. The van der Waals surface area contributed by atoms with E-state index >= 15 is 0 Å². The summed E-state index contributed by atoms with van der Waals surface area (Å²) in [6.07, 6.45) is 5.85. The fourth-order valence-corrected chi connectivity index (χ4v) is 1.23. The van der Waals surface area contributed by atoms with E-state index in [1.54, 1.807) is 6.08 Å². The van der Waals surface area contributed by atoms with Gasteiger partial charge in [-0.05, 0) is 26.2 Å². The largest absolute Gasteiger partial charge is 0.396 e. The summed E-state index contributed by atoms with van der Waals surface area (Å²) in [6, 6.07) is 0. The molecule has 2 atom stereocenters. The van der Waals surface area contributed by atoms with Gasteiger partial charge >= 0.3 is 0 Å². The lowest BCUT2D eigenvalue weighted by molar-refractivity contribution is 0.222. The summed E-state index contributed by atoms with van der Waals surface area (Å²) in [7, 11) is 0. The Hall–Kier alpha value is -0.600. The van der Waals surface area contributed by atoms with Gasteiger partial charge in [0.25, 0.3) is 0 Å². The molecule has 0 saturated heterocycles. The van der Waals surface area contributed by atoms with E-state index in [2.05, 4.69) is 0 Å². The van der Waals surface area contributed by atoms with E-state index in [0.29, 0.717) is 6.42 Å². The molecule has 0 aromatic heterocycles. The van der Waals surface area contributed by atoms with Crippen molar-refractivity contribution in [1.29, 1.82) is 0 Å². The predicted molar refractivity (Wildman–Crippen MR) is 55.4 cm³/mol. The Bertz CT molecular complexity index is 183. The van der Waals surface area contributed by atoms with Crippen molar-refractivity contribution in [3.63, 3.8) is 0 Å². The molecule has 0 amide bonds. The SMILES string of the molecule is C/C=C/[C@@H](O)C/C(C)=C\[C@@H](C)CO. The van der Waals surface area contributed by atoms with Crippen LogP contribution in [0, 0.1) is 5.92 Å². The first-order chi connectivity index (χ1) is 6.10. The molecule has 0 spiro atoms. The fourth-order valence-electron chi connectivity index (χ4n) is 1.23. The minimum Gasteiger partial charge on any atom is -0.396 e. The summed E-state index contributed by atoms with van der Waals surface area (Å²) >= 11 is 0. The molecule has 0 aliphatic heterocycles. The summed E-state index contributed by atoms with van der Waals surface area (Å²) in [6.45, 7) is 5.97. The zero-order valence-corrected chi connectivity index (χ0v) is 8.70. The van der Waals surface area contributed by atoms with Crippen LogP contribution in [0.1, 0.15) is 27.2 Å². The summed E-state index contributed by atoms with van der Waals surface area (Å²) in [5.41, 5.74) is 1.12. The van der Waals surface area contributed by atoms with E-state index in [1.807, 2.05) is 32.9 Å². The molecule has 0 bridgehead atoms. The molecular weight excluding hydrogens is 164 g/mol. The third kappa shape index (κ3) is 6.55. The molecule has 13 heavy (non-hydrogen) atoms. The van der Waals surface area contributed by atoms with E-state index in [9.17, 15) is 5.11 Å². The van der Waals surface area contributed by atoms with Crippen molar-refractivity contribution >= 4 is 0 Å². The van der Waals surface area contributed by atoms with Gasteiger partial charge in [-0.3, -0.25) is 0 Å². The maximum atomic E-state index is 9.42. The highest BCUT2D eigenvalue weighted by Crippen LogP contribution is 2.09. The number of rotatable bonds is 5. The second-order valence-electron chi connectivity index (χ2n) is 3.47. The van der Waals surface area contributed by atoms with Crippen LogP contribution in [0.25, 0.3) is 0 Å². The molecule has 0 rings (SSSR count). The zero-order valence-electron chi connectivity index (χ0n) is 8.70. The lowest BCUT2D eigenvalue weighted by Crippen LogP contribution is -2.04. The van der Waals surface area contributed by atoms with Gasteiger partial charge in [-0.2, -0.15) is 0 Å². The van der Waals surface area contributed by atoms with Gasteiger partial charge in [0.1, 0.15) is 0 Å². The fraction of sp³-hybridized carbons (Fsp3) is 0.636. The van der Waals surface area contributed by atoms with Crippen molar-refractivity contribution < 1.29 is 10.2 Å². The normalized spacial score (nSPS) is 17.8. The van der Waals surface area contributed by atoms with Gasteiger partial charge in [-0.25, -0.2) is 0 Å². The first-order valence-electron chi connectivity index (χ1n) is 4.69. The van der Waals surface area contributed by atoms with Crippen LogP contribution in [0.2, 0.25) is 0 Å². The van der Waals surface area contributed by atoms with Gasteiger partial charge in [-0.1, -0.05) is 30.7 Å². The van der Waals surface area contributed by atoms with Crippen LogP contribution in [0.15, 0.2) is 23.8 Å². The van der Waals surface area contributed by atoms with Gasteiger partial charge in [0.15, 0.2) is 0 Å². The van der Waals surface area contributed by atoms with Crippen molar-refractivity contribution in [2.75, 3.05) is 6.61 Å². The molecule has 0 saturated carbocycles. The van der Waals surface area contributed by atoms with E-state index < -0.39 is 6.10 Å².